The number of benzene rings is 2. The van der Waals surface area contributed by atoms with Crippen LogP contribution in [0.25, 0.3) is 11.1 Å². The molecule has 0 aliphatic rings. The summed E-state index contributed by atoms with van der Waals surface area (Å²) in [5.74, 6) is 9.50. The second-order valence-electron chi connectivity index (χ2n) is 3.35. The van der Waals surface area contributed by atoms with Crippen molar-refractivity contribution >= 4 is 17.3 Å². The van der Waals surface area contributed by atoms with Crippen molar-refractivity contribution in [2.24, 2.45) is 11.7 Å². The lowest BCUT2D eigenvalue weighted by molar-refractivity contribution is 0.926. The molecular formula is C13H16N4S. The number of hydrogen-bond acceptors (Lipinski definition) is 3. The van der Waals surface area contributed by atoms with Gasteiger partial charge in [0.2, 0.25) is 0 Å². The minimum Gasteiger partial charge on any atom is -0.300 e. The highest BCUT2D eigenvalue weighted by Gasteiger charge is 1.91. The fourth-order valence-electron chi connectivity index (χ4n) is 1.30. The fourth-order valence-corrected chi connectivity index (χ4v) is 1.30. The van der Waals surface area contributed by atoms with Gasteiger partial charge in [-0.05, 0) is 23.3 Å². The Bertz CT molecular complexity index is 415. The summed E-state index contributed by atoms with van der Waals surface area (Å²) in [6, 6.07) is 20.8. The lowest BCUT2D eigenvalue weighted by Crippen LogP contribution is -2.43. The topological polar surface area (TPSA) is 76.1 Å². The van der Waals surface area contributed by atoms with Crippen molar-refractivity contribution in [1.82, 2.24) is 10.9 Å². The molecule has 6 N–H and O–H groups in total. The number of thiocarbonyl (C=S) groups is 1. The van der Waals surface area contributed by atoms with Gasteiger partial charge in [0.1, 0.15) is 0 Å². The van der Waals surface area contributed by atoms with Crippen LogP contribution in [0, 0.1) is 0 Å². The Morgan fingerprint density at radius 2 is 1.06 bits per heavy atom. The zero-order valence-electron chi connectivity index (χ0n) is 9.84. The van der Waals surface area contributed by atoms with Gasteiger partial charge in [-0.25, -0.2) is 11.7 Å². The van der Waals surface area contributed by atoms with E-state index in [2.05, 4.69) is 71.6 Å². The van der Waals surface area contributed by atoms with Crippen molar-refractivity contribution < 1.29 is 0 Å². The van der Waals surface area contributed by atoms with E-state index in [9.17, 15) is 0 Å². The third-order valence-corrected chi connectivity index (χ3v) is 2.38. The van der Waals surface area contributed by atoms with E-state index < -0.39 is 0 Å². The summed E-state index contributed by atoms with van der Waals surface area (Å²) in [7, 11) is 0. The van der Waals surface area contributed by atoms with Gasteiger partial charge in [-0.15, -0.1) is 0 Å². The molecule has 0 radical (unpaired) electrons. The molecule has 0 saturated heterocycles. The van der Waals surface area contributed by atoms with Crippen molar-refractivity contribution in [1.29, 1.82) is 0 Å². The Labute approximate surface area is 112 Å². The molecule has 0 unspecified atom stereocenters. The first-order valence-corrected chi connectivity index (χ1v) is 5.76. The molecule has 0 aliphatic carbocycles. The smallest absolute Gasteiger partial charge is 0.194 e. The van der Waals surface area contributed by atoms with Crippen LogP contribution in [0.2, 0.25) is 0 Å². The van der Waals surface area contributed by atoms with E-state index in [4.69, 9.17) is 11.7 Å². The van der Waals surface area contributed by atoms with Gasteiger partial charge in [0.15, 0.2) is 5.11 Å². The Morgan fingerprint density at radius 1 is 0.722 bits per heavy atom. The first-order valence-electron chi connectivity index (χ1n) is 5.35. The number of nitrogens with one attached hydrogen (secondary N) is 2. The first-order chi connectivity index (χ1) is 8.77. The zero-order valence-corrected chi connectivity index (χ0v) is 10.7. The molecule has 0 fully saturated rings. The van der Waals surface area contributed by atoms with E-state index >= 15 is 0 Å². The lowest BCUT2D eigenvalue weighted by atomic mass is 10.1. The molecule has 0 atom stereocenters. The quantitative estimate of drug-likeness (QED) is 0.355. The van der Waals surface area contributed by atoms with Crippen molar-refractivity contribution in [3.05, 3.63) is 60.7 Å². The number of nitrogens with two attached hydrogens (primary N) is 2. The second-order valence-corrected chi connectivity index (χ2v) is 3.76. The monoisotopic (exact) mass is 260 g/mol. The van der Waals surface area contributed by atoms with Gasteiger partial charge >= 0.3 is 0 Å². The van der Waals surface area contributed by atoms with Gasteiger partial charge in [-0.2, -0.15) is 0 Å². The van der Waals surface area contributed by atoms with Gasteiger partial charge in [-0.3, -0.25) is 10.9 Å². The average Bonchev–Trinajstić information content (AvgIpc) is 2.49. The summed E-state index contributed by atoms with van der Waals surface area (Å²) >= 11 is 4.38. The molecular weight excluding hydrogens is 244 g/mol. The van der Waals surface area contributed by atoms with Crippen LogP contribution in [-0.4, -0.2) is 5.11 Å². The Morgan fingerprint density at radius 3 is 1.28 bits per heavy atom. The summed E-state index contributed by atoms with van der Waals surface area (Å²) in [5.41, 5.74) is 6.77. The van der Waals surface area contributed by atoms with Crippen molar-refractivity contribution in [3.63, 3.8) is 0 Å². The molecule has 0 aliphatic heterocycles. The van der Waals surface area contributed by atoms with Gasteiger partial charge in [0.25, 0.3) is 0 Å². The van der Waals surface area contributed by atoms with Crippen LogP contribution >= 0.6 is 12.2 Å². The molecule has 5 heteroatoms. The van der Waals surface area contributed by atoms with E-state index in [0.717, 1.165) is 0 Å². The third-order valence-electron chi connectivity index (χ3n) is 2.14. The molecule has 94 valence electrons. The highest BCUT2D eigenvalue weighted by Crippen LogP contribution is 2.17. The van der Waals surface area contributed by atoms with Crippen LogP contribution in [-0.2, 0) is 0 Å². The molecule has 0 saturated carbocycles. The standard InChI is InChI=1S/C12H10.CH6N4S/c1-3-7-11(8-4-1)12-9-5-2-6-10-12;2-4-1(6)5-3/h1-10H;2-3H2,(H2,4,5,6). The van der Waals surface area contributed by atoms with Gasteiger partial charge in [0, 0.05) is 0 Å². The molecule has 0 aromatic heterocycles. The molecule has 0 spiro atoms. The third kappa shape index (κ3) is 4.92. The molecule has 0 bridgehead atoms. The fraction of sp³-hybridized carbons (Fsp3) is 0. The summed E-state index contributed by atoms with van der Waals surface area (Å²) in [6.45, 7) is 0. The molecule has 0 amide bonds. The van der Waals surface area contributed by atoms with Gasteiger partial charge in [0.05, 0.1) is 0 Å². The van der Waals surface area contributed by atoms with Crippen molar-refractivity contribution in [3.8, 4) is 11.1 Å². The molecule has 18 heavy (non-hydrogen) atoms. The van der Waals surface area contributed by atoms with E-state index in [1.165, 1.54) is 11.1 Å². The van der Waals surface area contributed by atoms with Gasteiger partial charge in [-0.1, -0.05) is 60.7 Å². The number of hydrazine groups is 2. The Hall–Kier alpha value is -1.95. The molecule has 2 aromatic carbocycles. The van der Waals surface area contributed by atoms with Crippen LogP contribution in [0.1, 0.15) is 0 Å². The maximum atomic E-state index is 4.75. The highest BCUT2D eigenvalue weighted by molar-refractivity contribution is 7.80. The van der Waals surface area contributed by atoms with Crippen molar-refractivity contribution in [2.45, 2.75) is 0 Å². The minimum atomic E-state index is 0.231. The van der Waals surface area contributed by atoms with E-state index in [-0.39, 0.29) is 5.11 Å². The van der Waals surface area contributed by atoms with Crippen molar-refractivity contribution in [2.75, 3.05) is 0 Å². The number of rotatable bonds is 1. The summed E-state index contributed by atoms with van der Waals surface area (Å²) in [4.78, 5) is 0. The van der Waals surface area contributed by atoms with Crippen LogP contribution in [0.15, 0.2) is 60.7 Å². The number of hydrogen-bond donors (Lipinski definition) is 4. The summed E-state index contributed by atoms with van der Waals surface area (Å²) < 4.78 is 0. The van der Waals surface area contributed by atoms with Crippen LogP contribution in [0.5, 0.6) is 0 Å². The minimum absolute atomic E-state index is 0.231. The summed E-state index contributed by atoms with van der Waals surface area (Å²) in [5, 5.41) is 0.231. The molecule has 2 aromatic rings. The Kier molecular flexibility index (Phi) is 6.42. The maximum absolute atomic E-state index is 4.75. The predicted octanol–water partition coefficient (Wildman–Crippen LogP) is 1.55. The Balaban J connectivity index is 0.000000232. The largest absolute Gasteiger partial charge is 0.300 e. The van der Waals surface area contributed by atoms with E-state index in [1.54, 1.807) is 0 Å². The van der Waals surface area contributed by atoms with Crippen LogP contribution < -0.4 is 22.5 Å². The second kappa shape index (κ2) is 8.19. The molecule has 0 heterocycles. The first kappa shape index (κ1) is 14.1. The normalized spacial score (nSPS) is 8.78. The van der Waals surface area contributed by atoms with Crippen LogP contribution in [0.4, 0.5) is 0 Å². The SMILES string of the molecule is NNC(=S)NN.c1ccc(-c2ccccc2)cc1. The molecule has 4 nitrogen and oxygen atoms in total. The van der Waals surface area contributed by atoms with E-state index in [0.29, 0.717) is 0 Å². The highest BCUT2D eigenvalue weighted by atomic mass is 32.1. The molecule has 2 rings (SSSR count). The van der Waals surface area contributed by atoms with E-state index in [1.807, 2.05) is 12.1 Å². The zero-order chi connectivity index (χ0) is 13.2. The maximum Gasteiger partial charge on any atom is 0.194 e. The summed E-state index contributed by atoms with van der Waals surface area (Å²) in [6.07, 6.45) is 0. The lowest BCUT2D eigenvalue weighted by Gasteiger charge is -1.98. The van der Waals surface area contributed by atoms with Gasteiger partial charge < -0.3 is 0 Å². The predicted molar refractivity (Wildman–Crippen MR) is 79.1 cm³/mol. The van der Waals surface area contributed by atoms with Crippen LogP contribution in [0.3, 0.4) is 0 Å². The average molecular weight is 260 g/mol.